The van der Waals surface area contributed by atoms with E-state index >= 15 is 0 Å². The van der Waals surface area contributed by atoms with Crippen LogP contribution in [0.3, 0.4) is 0 Å². The molecule has 0 radical (unpaired) electrons. The molecule has 6 heteroatoms. The number of anilines is 1. The summed E-state index contributed by atoms with van der Waals surface area (Å²) in [5.74, 6) is -0.0117. The Morgan fingerprint density at radius 2 is 2.06 bits per heavy atom. The average molecular weight is 247 g/mol. The number of carbonyl (C=O) groups excluding carboxylic acids is 1. The molecule has 0 unspecified atom stereocenters. The molecule has 6 nitrogen and oxygen atoms in total. The Morgan fingerprint density at radius 1 is 1.39 bits per heavy atom. The van der Waals surface area contributed by atoms with Gasteiger partial charge in [-0.05, 0) is 31.2 Å². The Bertz CT molecular complexity index is 560. The third-order valence-electron chi connectivity index (χ3n) is 2.40. The van der Waals surface area contributed by atoms with Crippen LogP contribution in [0.25, 0.3) is 11.3 Å². The number of nitrogens with two attached hydrogens (primary N) is 2. The number of hydrogen-bond acceptors (Lipinski definition) is 5. The SMILES string of the molecule is CCOc1ccc(-c2noc(N)c2C(N)=O)cc1. The molecule has 0 aliphatic carbocycles. The highest BCUT2D eigenvalue weighted by Crippen LogP contribution is 2.27. The lowest BCUT2D eigenvalue weighted by Crippen LogP contribution is -2.13. The third kappa shape index (κ3) is 2.13. The van der Waals surface area contributed by atoms with Gasteiger partial charge in [-0.15, -0.1) is 0 Å². The molecular formula is C12H13N3O3. The van der Waals surface area contributed by atoms with Crippen LogP contribution in [0.15, 0.2) is 28.8 Å². The van der Waals surface area contributed by atoms with E-state index in [0.717, 1.165) is 5.75 Å². The molecule has 0 spiro atoms. The lowest BCUT2D eigenvalue weighted by molar-refractivity contribution is 0.100. The number of ether oxygens (including phenoxy) is 1. The van der Waals surface area contributed by atoms with Crippen LogP contribution in [-0.2, 0) is 0 Å². The summed E-state index contributed by atoms with van der Waals surface area (Å²) in [6, 6.07) is 7.06. The van der Waals surface area contributed by atoms with Gasteiger partial charge in [-0.2, -0.15) is 0 Å². The van der Waals surface area contributed by atoms with E-state index in [2.05, 4.69) is 5.16 Å². The van der Waals surface area contributed by atoms with Crippen molar-refractivity contribution in [1.82, 2.24) is 5.16 Å². The van der Waals surface area contributed by atoms with Crippen molar-refractivity contribution < 1.29 is 14.1 Å². The highest BCUT2D eigenvalue weighted by Gasteiger charge is 2.19. The van der Waals surface area contributed by atoms with E-state index in [-0.39, 0.29) is 11.4 Å². The zero-order valence-corrected chi connectivity index (χ0v) is 9.84. The second kappa shape index (κ2) is 4.79. The van der Waals surface area contributed by atoms with Crippen LogP contribution in [0.2, 0.25) is 0 Å². The number of primary amides is 1. The van der Waals surface area contributed by atoms with Crippen molar-refractivity contribution in [3.63, 3.8) is 0 Å². The minimum atomic E-state index is -0.669. The van der Waals surface area contributed by atoms with Crippen LogP contribution in [0.5, 0.6) is 5.75 Å². The summed E-state index contributed by atoms with van der Waals surface area (Å²) < 4.78 is 10.1. The summed E-state index contributed by atoms with van der Waals surface area (Å²) in [7, 11) is 0. The number of nitrogen functional groups attached to an aromatic ring is 1. The quantitative estimate of drug-likeness (QED) is 0.850. The molecule has 0 atom stereocenters. The van der Waals surface area contributed by atoms with Gasteiger partial charge in [0.25, 0.3) is 5.91 Å². The number of aromatic nitrogens is 1. The molecule has 18 heavy (non-hydrogen) atoms. The highest BCUT2D eigenvalue weighted by atomic mass is 16.5. The van der Waals surface area contributed by atoms with Crippen LogP contribution in [0.1, 0.15) is 17.3 Å². The predicted octanol–water partition coefficient (Wildman–Crippen LogP) is 1.42. The topological polar surface area (TPSA) is 104 Å². The van der Waals surface area contributed by atoms with E-state index in [1.165, 1.54) is 0 Å². The Balaban J connectivity index is 2.40. The number of nitrogens with zero attached hydrogens (tertiary/aromatic N) is 1. The molecule has 1 aromatic heterocycles. The molecule has 1 heterocycles. The van der Waals surface area contributed by atoms with Crippen molar-refractivity contribution in [2.45, 2.75) is 6.92 Å². The molecule has 0 fully saturated rings. The maximum absolute atomic E-state index is 11.3. The number of amides is 1. The largest absolute Gasteiger partial charge is 0.494 e. The van der Waals surface area contributed by atoms with E-state index in [1.54, 1.807) is 24.3 Å². The van der Waals surface area contributed by atoms with Gasteiger partial charge in [-0.25, -0.2) is 0 Å². The predicted molar refractivity (Wildman–Crippen MR) is 66.0 cm³/mol. The molecule has 1 aromatic carbocycles. The summed E-state index contributed by atoms with van der Waals surface area (Å²) in [5, 5.41) is 3.74. The first-order valence-corrected chi connectivity index (χ1v) is 5.41. The van der Waals surface area contributed by atoms with E-state index in [0.29, 0.717) is 17.9 Å². The minimum Gasteiger partial charge on any atom is -0.494 e. The van der Waals surface area contributed by atoms with Gasteiger partial charge in [-0.3, -0.25) is 4.79 Å². The monoisotopic (exact) mass is 247 g/mol. The van der Waals surface area contributed by atoms with Crippen molar-refractivity contribution in [1.29, 1.82) is 0 Å². The molecular weight excluding hydrogens is 234 g/mol. The van der Waals surface area contributed by atoms with Crippen LogP contribution in [0.4, 0.5) is 5.88 Å². The second-order valence-electron chi connectivity index (χ2n) is 3.59. The molecule has 94 valence electrons. The van der Waals surface area contributed by atoms with E-state index in [1.807, 2.05) is 6.92 Å². The molecule has 0 saturated heterocycles. The third-order valence-corrected chi connectivity index (χ3v) is 2.40. The Morgan fingerprint density at radius 3 is 2.61 bits per heavy atom. The Labute approximate surface area is 104 Å². The Kier molecular flexibility index (Phi) is 3.18. The standard InChI is InChI=1S/C12H13N3O3/c1-2-17-8-5-3-7(4-6-8)10-9(11(13)16)12(14)18-15-10/h3-6H,2,14H2,1H3,(H2,13,16). The van der Waals surface area contributed by atoms with Crippen LogP contribution >= 0.6 is 0 Å². The summed E-state index contributed by atoms with van der Waals surface area (Å²) >= 11 is 0. The molecule has 2 aromatic rings. The molecule has 0 bridgehead atoms. The molecule has 2 rings (SSSR count). The lowest BCUT2D eigenvalue weighted by atomic mass is 10.1. The van der Waals surface area contributed by atoms with Gasteiger partial charge in [0.1, 0.15) is 17.0 Å². The molecule has 0 saturated carbocycles. The second-order valence-corrected chi connectivity index (χ2v) is 3.59. The number of hydrogen-bond donors (Lipinski definition) is 2. The minimum absolute atomic E-state index is 0.0774. The van der Waals surface area contributed by atoms with Crippen molar-refractivity contribution in [3.05, 3.63) is 29.8 Å². The highest BCUT2D eigenvalue weighted by molar-refractivity contribution is 6.02. The van der Waals surface area contributed by atoms with E-state index in [9.17, 15) is 4.79 Å². The molecule has 4 N–H and O–H groups in total. The van der Waals surface area contributed by atoms with E-state index in [4.69, 9.17) is 20.7 Å². The summed E-state index contributed by atoms with van der Waals surface area (Å²) in [4.78, 5) is 11.3. The maximum atomic E-state index is 11.3. The fourth-order valence-corrected chi connectivity index (χ4v) is 1.61. The molecule has 0 aliphatic heterocycles. The zero-order chi connectivity index (χ0) is 13.1. The van der Waals surface area contributed by atoms with Crippen LogP contribution in [-0.4, -0.2) is 17.7 Å². The Hall–Kier alpha value is -2.50. The lowest BCUT2D eigenvalue weighted by Gasteiger charge is -2.03. The van der Waals surface area contributed by atoms with E-state index < -0.39 is 5.91 Å². The van der Waals surface area contributed by atoms with Gasteiger partial charge in [0.05, 0.1) is 6.61 Å². The summed E-state index contributed by atoms with van der Waals surface area (Å²) in [5.41, 5.74) is 11.9. The van der Waals surface area contributed by atoms with Crippen LogP contribution < -0.4 is 16.2 Å². The smallest absolute Gasteiger partial charge is 0.256 e. The number of benzene rings is 1. The fourth-order valence-electron chi connectivity index (χ4n) is 1.61. The number of rotatable bonds is 4. The zero-order valence-electron chi connectivity index (χ0n) is 9.84. The van der Waals surface area contributed by atoms with Gasteiger partial charge in [0.15, 0.2) is 0 Å². The van der Waals surface area contributed by atoms with Crippen LogP contribution in [0, 0.1) is 0 Å². The summed E-state index contributed by atoms with van der Waals surface area (Å²) in [6.45, 7) is 2.49. The van der Waals surface area contributed by atoms with Gasteiger partial charge in [0.2, 0.25) is 5.88 Å². The first kappa shape index (κ1) is 12.0. The normalized spacial score (nSPS) is 10.3. The fraction of sp³-hybridized carbons (Fsp3) is 0.167. The van der Waals surface area contributed by atoms with Crippen molar-refractivity contribution >= 4 is 11.8 Å². The maximum Gasteiger partial charge on any atom is 0.256 e. The van der Waals surface area contributed by atoms with Crippen molar-refractivity contribution in [2.24, 2.45) is 5.73 Å². The van der Waals surface area contributed by atoms with Crippen molar-refractivity contribution in [3.8, 4) is 17.0 Å². The number of carbonyl (C=O) groups is 1. The van der Waals surface area contributed by atoms with Gasteiger partial charge in [-0.1, -0.05) is 5.16 Å². The van der Waals surface area contributed by atoms with Crippen molar-refractivity contribution in [2.75, 3.05) is 12.3 Å². The molecule has 0 aliphatic rings. The molecule has 1 amide bonds. The first-order chi connectivity index (χ1) is 8.63. The first-order valence-electron chi connectivity index (χ1n) is 5.41. The van der Waals surface area contributed by atoms with Gasteiger partial charge in [0, 0.05) is 5.56 Å². The van der Waals surface area contributed by atoms with Gasteiger partial charge < -0.3 is 20.7 Å². The average Bonchev–Trinajstić information content (AvgIpc) is 2.73. The van der Waals surface area contributed by atoms with Gasteiger partial charge >= 0.3 is 0 Å². The summed E-state index contributed by atoms with van der Waals surface area (Å²) in [6.07, 6.45) is 0.